The van der Waals surface area contributed by atoms with E-state index >= 15 is 0 Å². The molecule has 0 bridgehead atoms. The van der Waals surface area contributed by atoms with Crippen LogP contribution in [0.1, 0.15) is 37.9 Å². The van der Waals surface area contributed by atoms with E-state index in [9.17, 15) is 4.79 Å². The van der Waals surface area contributed by atoms with Crippen molar-refractivity contribution in [1.82, 2.24) is 15.1 Å². The molecule has 1 heterocycles. The number of hydrogen-bond donors (Lipinski definition) is 2. The first-order valence-corrected chi connectivity index (χ1v) is 7.40. The van der Waals surface area contributed by atoms with Crippen molar-refractivity contribution in [2.45, 2.75) is 33.6 Å². The second kappa shape index (κ2) is 7.61. The summed E-state index contributed by atoms with van der Waals surface area (Å²) in [5.41, 5.74) is 1.51. The van der Waals surface area contributed by atoms with Gasteiger partial charge in [0.15, 0.2) is 0 Å². The standard InChI is InChI=1S/C15H24ClN3O2/c1-11-12(14(16)19(4)18-11)6-7-13(21)17-10-15(2,3)8-5-9-20/h6-7,20H,5,8-10H2,1-4H3,(H,17,21)/b7-6+. The van der Waals surface area contributed by atoms with Gasteiger partial charge in [-0.15, -0.1) is 0 Å². The van der Waals surface area contributed by atoms with E-state index in [-0.39, 0.29) is 17.9 Å². The van der Waals surface area contributed by atoms with E-state index in [4.69, 9.17) is 16.7 Å². The molecular weight excluding hydrogens is 290 g/mol. The topological polar surface area (TPSA) is 67.2 Å². The molecule has 1 amide bonds. The summed E-state index contributed by atoms with van der Waals surface area (Å²) in [6.45, 7) is 6.72. The first-order valence-electron chi connectivity index (χ1n) is 7.03. The highest BCUT2D eigenvalue weighted by atomic mass is 35.5. The van der Waals surface area contributed by atoms with Crippen LogP contribution in [0, 0.1) is 12.3 Å². The summed E-state index contributed by atoms with van der Waals surface area (Å²) in [7, 11) is 1.76. The molecule has 0 saturated heterocycles. The Morgan fingerprint density at radius 2 is 2.19 bits per heavy atom. The van der Waals surface area contributed by atoms with Crippen molar-refractivity contribution in [2.24, 2.45) is 12.5 Å². The van der Waals surface area contributed by atoms with Gasteiger partial charge in [0.05, 0.1) is 5.69 Å². The lowest BCUT2D eigenvalue weighted by atomic mass is 9.88. The SMILES string of the molecule is Cc1nn(C)c(Cl)c1/C=C/C(=O)NCC(C)(C)CCCO. The van der Waals surface area contributed by atoms with Gasteiger partial charge in [-0.2, -0.15) is 5.10 Å². The Kier molecular flexibility index (Phi) is 6.42. The number of carbonyl (C=O) groups is 1. The minimum absolute atomic E-state index is 0.0336. The molecule has 0 atom stereocenters. The van der Waals surface area contributed by atoms with E-state index in [0.717, 1.165) is 24.1 Å². The van der Waals surface area contributed by atoms with Crippen LogP contribution >= 0.6 is 11.6 Å². The highest BCUT2D eigenvalue weighted by Crippen LogP contribution is 2.21. The number of aliphatic hydroxyl groups excluding tert-OH is 1. The number of aliphatic hydroxyl groups is 1. The van der Waals surface area contributed by atoms with Gasteiger partial charge in [-0.05, 0) is 31.3 Å². The third-order valence-electron chi connectivity index (χ3n) is 3.35. The molecule has 1 aromatic rings. The van der Waals surface area contributed by atoms with Crippen LogP contribution < -0.4 is 5.32 Å². The molecule has 21 heavy (non-hydrogen) atoms. The lowest BCUT2D eigenvalue weighted by Crippen LogP contribution is -2.33. The fraction of sp³-hybridized carbons (Fsp3) is 0.600. The quantitative estimate of drug-likeness (QED) is 0.759. The van der Waals surface area contributed by atoms with E-state index < -0.39 is 0 Å². The summed E-state index contributed by atoms with van der Waals surface area (Å²) in [5, 5.41) is 16.4. The zero-order chi connectivity index (χ0) is 16.0. The minimum Gasteiger partial charge on any atom is -0.396 e. The Bertz CT molecular complexity index is 521. The number of halogens is 1. The Hall–Kier alpha value is -1.33. The molecule has 0 spiro atoms. The van der Waals surface area contributed by atoms with Gasteiger partial charge in [0, 0.05) is 31.8 Å². The van der Waals surface area contributed by atoms with Crippen molar-refractivity contribution in [3.8, 4) is 0 Å². The van der Waals surface area contributed by atoms with Gasteiger partial charge in [-0.25, -0.2) is 0 Å². The number of carbonyl (C=O) groups excluding carboxylic acids is 1. The summed E-state index contributed by atoms with van der Waals surface area (Å²) >= 11 is 6.10. The average molecular weight is 314 g/mol. The smallest absolute Gasteiger partial charge is 0.244 e. The van der Waals surface area contributed by atoms with Gasteiger partial charge in [-0.3, -0.25) is 9.48 Å². The second-order valence-electron chi connectivity index (χ2n) is 5.96. The van der Waals surface area contributed by atoms with Crippen molar-refractivity contribution in [3.05, 3.63) is 22.5 Å². The van der Waals surface area contributed by atoms with Gasteiger partial charge < -0.3 is 10.4 Å². The van der Waals surface area contributed by atoms with E-state index in [1.807, 2.05) is 6.92 Å². The number of aromatic nitrogens is 2. The molecule has 0 aliphatic carbocycles. The Morgan fingerprint density at radius 3 is 2.71 bits per heavy atom. The molecule has 1 aromatic heterocycles. The lowest BCUT2D eigenvalue weighted by Gasteiger charge is -2.24. The van der Waals surface area contributed by atoms with Gasteiger partial charge in [0.2, 0.25) is 5.91 Å². The highest BCUT2D eigenvalue weighted by Gasteiger charge is 2.17. The molecule has 2 N–H and O–H groups in total. The summed E-state index contributed by atoms with van der Waals surface area (Å²) in [6, 6.07) is 0. The van der Waals surface area contributed by atoms with Crippen LogP contribution in [0.2, 0.25) is 5.15 Å². The largest absolute Gasteiger partial charge is 0.396 e. The van der Waals surface area contributed by atoms with E-state index in [1.165, 1.54) is 6.08 Å². The molecule has 5 nitrogen and oxygen atoms in total. The van der Waals surface area contributed by atoms with E-state index in [2.05, 4.69) is 24.3 Å². The predicted molar refractivity (Wildman–Crippen MR) is 85.1 cm³/mol. The Labute approximate surface area is 131 Å². The van der Waals surface area contributed by atoms with E-state index in [0.29, 0.717) is 11.7 Å². The van der Waals surface area contributed by atoms with Crippen molar-refractivity contribution in [3.63, 3.8) is 0 Å². The van der Waals surface area contributed by atoms with Crippen LogP contribution in [0.25, 0.3) is 6.08 Å². The predicted octanol–water partition coefficient (Wildman–Crippen LogP) is 2.31. The number of nitrogens with one attached hydrogen (secondary N) is 1. The second-order valence-corrected chi connectivity index (χ2v) is 6.31. The van der Waals surface area contributed by atoms with Crippen LogP contribution in [-0.4, -0.2) is 33.9 Å². The van der Waals surface area contributed by atoms with Crippen molar-refractivity contribution in [1.29, 1.82) is 0 Å². The number of rotatable bonds is 7. The van der Waals surface area contributed by atoms with Gasteiger partial charge in [-0.1, -0.05) is 25.4 Å². The summed E-state index contributed by atoms with van der Waals surface area (Å²) in [6.07, 6.45) is 4.75. The molecular formula is C15H24ClN3O2. The third kappa shape index (κ3) is 5.52. The zero-order valence-electron chi connectivity index (χ0n) is 13.1. The molecule has 1 rings (SSSR count). The van der Waals surface area contributed by atoms with Crippen LogP contribution in [0.3, 0.4) is 0 Å². The molecule has 0 aromatic carbocycles. The molecule has 0 unspecified atom stereocenters. The maximum atomic E-state index is 11.8. The average Bonchev–Trinajstić information content (AvgIpc) is 2.66. The Balaban J connectivity index is 2.56. The summed E-state index contributed by atoms with van der Waals surface area (Å²) in [5.74, 6) is -0.161. The van der Waals surface area contributed by atoms with Crippen molar-refractivity contribution in [2.75, 3.05) is 13.2 Å². The fourth-order valence-corrected chi connectivity index (χ4v) is 2.26. The molecule has 6 heteroatoms. The summed E-state index contributed by atoms with van der Waals surface area (Å²) < 4.78 is 1.58. The monoisotopic (exact) mass is 313 g/mol. The van der Waals surface area contributed by atoms with Crippen molar-refractivity contribution >= 4 is 23.6 Å². The molecule has 0 aliphatic heterocycles. The Morgan fingerprint density at radius 1 is 1.52 bits per heavy atom. The van der Waals surface area contributed by atoms with Crippen LogP contribution in [-0.2, 0) is 11.8 Å². The molecule has 0 fully saturated rings. The summed E-state index contributed by atoms with van der Waals surface area (Å²) in [4.78, 5) is 11.8. The zero-order valence-corrected chi connectivity index (χ0v) is 13.9. The lowest BCUT2D eigenvalue weighted by molar-refractivity contribution is -0.116. The molecule has 0 radical (unpaired) electrons. The first kappa shape index (κ1) is 17.7. The number of aryl methyl sites for hydroxylation is 2. The number of hydrogen-bond acceptors (Lipinski definition) is 3. The number of nitrogens with zero attached hydrogens (tertiary/aromatic N) is 2. The minimum atomic E-state index is -0.161. The maximum absolute atomic E-state index is 11.8. The number of amides is 1. The first-order chi connectivity index (χ1) is 9.76. The van der Waals surface area contributed by atoms with Gasteiger partial charge >= 0.3 is 0 Å². The highest BCUT2D eigenvalue weighted by molar-refractivity contribution is 6.31. The third-order valence-corrected chi connectivity index (χ3v) is 3.80. The van der Waals surface area contributed by atoms with E-state index in [1.54, 1.807) is 17.8 Å². The van der Waals surface area contributed by atoms with Gasteiger partial charge in [0.1, 0.15) is 5.15 Å². The molecule has 0 aliphatic rings. The molecule has 118 valence electrons. The van der Waals surface area contributed by atoms with Crippen molar-refractivity contribution < 1.29 is 9.90 Å². The molecule has 0 saturated carbocycles. The van der Waals surface area contributed by atoms with Crippen LogP contribution in [0.15, 0.2) is 6.08 Å². The van der Waals surface area contributed by atoms with Gasteiger partial charge in [0.25, 0.3) is 0 Å². The van der Waals surface area contributed by atoms with Crippen LogP contribution in [0.4, 0.5) is 0 Å². The normalized spacial score (nSPS) is 12.1. The maximum Gasteiger partial charge on any atom is 0.244 e. The fourth-order valence-electron chi connectivity index (χ4n) is 2.03. The van der Waals surface area contributed by atoms with Crippen LogP contribution in [0.5, 0.6) is 0 Å².